The van der Waals surface area contributed by atoms with Crippen molar-refractivity contribution in [3.8, 4) is 0 Å². The Hall–Kier alpha value is -0.810. The van der Waals surface area contributed by atoms with Gasteiger partial charge in [-0.05, 0) is 30.0 Å². The SMILES string of the molecule is N[C@H](CC1CCCCC1)C(O)C(=O)NCc1ccc(Cl)cc1Cl. The Morgan fingerprint density at radius 1 is 1.30 bits per heavy atom. The average Bonchev–Trinajstić information content (AvgIpc) is 2.54. The highest BCUT2D eigenvalue weighted by Crippen LogP contribution is 2.27. The van der Waals surface area contributed by atoms with Crippen LogP contribution in [0.5, 0.6) is 0 Å². The first-order valence-corrected chi connectivity index (χ1v) is 8.88. The highest BCUT2D eigenvalue weighted by molar-refractivity contribution is 6.35. The summed E-state index contributed by atoms with van der Waals surface area (Å²) in [4.78, 5) is 12.1. The largest absolute Gasteiger partial charge is 0.382 e. The maximum Gasteiger partial charge on any atom is 0.250 e. The van der Waals surface area contributed by atoms with Gasteiger partial charge in [0.25, 0.3) is 5.91 Å². The highest BCUT2D eigenvalue weighted by atomic mass is 35.5. The third-order valence-electron chi connectivity index (χ3n) is 4.47. The van der Waals surface area contributed by atoms with E-state index in [4.69, 9.17) is 28.9 Å². The molecule has 0 aromatic heterocycles. The number of nitrogens with one attached hydrogen (secondary N) is 1. The Kier molecular flexibility index (Phi) is 7.15. The predicted molar refractivity (Wildman–Crippen MR) is 93.5 cm³/mol. The lowest BCUT2D eigenvalue weighted by atomic mass is 9.84. The summed E-state index contributed by atoms with van der Waals surface area (Å²) >= 11 is 11.9. The Bertz CT molecular complexity index is 533. The second-order valence-corrected chi connectivity index (χ2v) is 7.15. The molecule has 0 bridgehead atoms. The number of rotatable bonds is 6. The van der Waals surface area contributed by atoms with E-state index in [2.05, 4.69) is 5.32 Å². The van der Waals surface area contributed by atoms with Crippen LogP contribution in [0.2, 0.25) is 10.0 Å². The van der Waals surface area contributed by atoms with Gasteiger partial charge in [0.15, 0.2) is 0 Å². The van der Waals surface area contributed by atoms with E-state index < -0.39 is 18.1 Å². The summed E-state index contributed by atoms with van der Waals surface area (Å²) in [7, 11) is 0. The van der Waals surface area contributed by atoms with Crippen molar-refractivity contribution in [3.63, 3.8) is 0 Å². The summed E-state index contributed by atoms with van der Waals surface area (Å²) in [5, 5.41) is 13.8. The van der Waals surface area contributed by atoms with Crippen LogP contribution < -0.4 is 11.1 Å². The Labute approximate surface area is 147 Å². The van der Waals surface area contributed by atoms with Gasteiger partial charge >= 0.3 is 0 Å². The summed E-state index contributed by atoms with van der Waals surface area (Å²) in [6, 6.07) is 4.55. The number of halogens is 2. The number of hydrogen-bond acceptors (Lipinski definition) is 3. The van der Waals surface area contributed by atoms with Crippen molar-refractivity contribution in [3.05, 3.63) is 33.8 Å². The first kappa shape index (κ1) is 18.5. The van der Waals surface area contributed by atoms with Crippen LogP contribution in [0.25, 0.3) is 0 Å². The standard InChI is InChI=1S/C17H24Cl2N2O2/c18-13-7-6-12(14(19)9-13)10-21-17(23)16(22)15(20)8-11-4-2-1-3-5-11/h6-7,9,11,15-16,22H,1-5,8,10,20H2,(H,21,23)/t15-,16?/m1/s1. The van der Waals surface area contributed by atoms with Crippen LogP contribution in [0.15, 0.2) is 18.2 Å². The Morgan fingerprint density at radius 3 is 2.65 bits per heavy atom. The molecule has 1 unspecified atom stereocenters. The van der Waals surface area contributed by atoms with Crippen LogP contribution in [-0.2, 0) is 11.3 Å². The number of carbonyl (C=O) groups is 1. The Balaban J connectivity index is 1.81. The van der Waals surface area contributed by atoms with Gasteiger partial charge in [-0.15, -0.1) is 0 Å². The topological polar surface area (TPSA) is 75.3 Å². The molecule has 1 saturated carbocycles. The fourth-order valence-electron chi connectivity index (χ4n) is 3.08. The molecule has 2 atom stereocenters. The van der Waals surface area contributed by atoms with Gasteiger partial charge in [0.05, 0.1) is 0 Å². The van der Waals surface area contributed by atoms with Crippen molar-refractivity contribution in [2.75, 3.05) is 0 Å². The zero-order chi connectivity index (χ0) is 16.8. The molecule has 128 valence electrons. The predicted octanol–water partition coefficient (Wildman–Crippen LogP) is 3.27. The molecule has 2 rings (SSSR count). The van der Waals surface area contributed by atoms with Crippen LogP contribution in [0.4, 0.5) is 0 Å². The molecular weight excluding hydrogens is 335 g/mol. The fourth-order valence-corrected chi connectivity index (χ4v) is 3.56. The second kappa shape index (κ2) is 8.88. The van der Waals surface area contributed by atoms with E-state index in [1.807, 2.05) is 0 Å². The first-order chi connectivity index (χ1) is 11.0. The van der Waals surface area contributed by atoms with Crippen molar-refractivity contribution in [1.82, 2.24) is 5.32 Å². The second-order valence-electron chi connectivity index (χ2n) is 6.30. The van der Waals surface area contributed by atoms with Gasteiger partial charge in [-0.25, -0.2) is 0 Å². The summed E-state index contributed by atoms with van der Waals surface area (Å²) < 4.78 is 0. The minimum Gasteiger partial charge on any atom is -0.382 e. The molecule has 0 heterocycles. The number of hydrogen-bond donors (Lipinski definition) is 3. The van der Waals surface area contributed by atoms with Gasteiger partial charge in [0.2, 0.25) is 0 Å². The van der Waals surface area contributed by atoms with Crippen molar-refractivity contribution < 1.29 is 9.90 Å². The van der Waals surface area contributed by atoms with Crippen molar-refractivity contribution in [2.45, 2.75) is 57.2 Å². The molecule has 1 aromatic rings. The molecule has 1 aromatic carbocycles. The number of aliphatic hydroxyl groups is 1. The van der Waals surface area contributed by atoms with Crippen molar-refractivity contribution >= 4 is 29.1 Å². The molecule has 4 nitrogen and oxygen atoms in total. The van der Waals surface area contributed by atoms with Gasteiger partial charge in [-0.1, -0.05) is 61.4 Å². The zero-order valence-corrected chi connectivity index (χ0v) is 14.6. The van der Waals surface area contributed by atoms with Gasteiger partial charge in [-0.3, -0.25) is 4.79 Å². The Morgan fingerprint density at radius 2 is 2.00 bits per heavy atom. The third-order valence-corrected chi connectivity index (χ3v) is 5.06. The smallest absolute Gasteiger partial charge is 0.250 e. The quantitative estimate of drug-likeness (QED) is 0.730. The molecule has 4 N–H and O–H groups in total. The van der Waals surface area contributed by atoms with Gasteiger partial charge in [-0.2, -0.15) is 0 Å². The molecule has 6 heteroatoms. The number of amides is 1. The number of benzene rings is 1. The summed E-state index contributed by atoms with van der Waals surface area (Å²) in [5.41, 5.74) is 6.76. The summed E-state index contributed by atoms with van der Waals surface area (Å²) in [6.07, 6.45) is 5.49. The number of nitrogens with two attached hydrogens (primary N) is 1. The minimum atomic E-state index is -1.19. The summed E-state index contributed by atoms with van der Waals surface area (Å²) in [5.74, 6) is 0.0613. The number of carbonyl (C=O) groups excluding carboxylic acids is 1. The van der Waals surface area contributed by atoms with E-state index >= 15 is 0 Å². The highest BCUT2D eigenvalue weighted by Gasteiger charge is 2.26. The normalized spacial score (nSPS) is 18.4. The lowest BCUT2D eigenvalue weighted by molar-refractivity contribution is -0.130. The molecule has 0 saturated heterocycles. The number of aliphatic hydroxyl groups excluding tert-OH is 1. The van der Waals surface area contributed by atoms with E-state index in [0.29, 0.717) is 22.4 Å². The lowest BCUT2D eigenvalue weighted by Crippen LogP contribution is -2.47. The van der Waals surface area contributed by atoms with Crippen molar-refractivity contribution in [1.29, 1.82) is 0 Å². The molecule has 1 fully saturated rings. The van der Waals surface area contributed by atoms with Crippen molar-refractivity contribution in [2.24, 2.45) is 11.7 Å². The minimum absolute atomic E-state index is 0.238. The van der Waals surface area contributed by atoms with Crippen LogP contribution in [0.1, 0.15) is 44.1 Å². The molecule has 0 aliphatic heterocycles. The van der Waals surface area contributed by atoms with E-state index in [1.165, 1.54) is 19.3 Å². The maximum absolute atomic E-state index is 12.1. The summed E-state index contributed by atoms with van der Waals surface area (Å²) in [6.45, 7) is 0.238. The van der Waals surface area contributed by atoms with Gasteiger partial charge in [0, 0.05) is 22.6 Å². The van der Waals surface area contributed by atoms with E-state index in [-0.39, 0.29) is 6.54 Å². The van der Waals surface area contributed by atoms with Crippen LogP contribution in [-0.4, -0.2) is 23.2 Å². The van der Waals surface area contributed by atoms with Crippen LogP contribution >= 0.6 is 23.2 Å². The molecule has 1 aliphatic rings. The lowest BCUT2D eigenvalue weighted by Gasteiger charge is -2.26. The maximum atomic E-state index is 12.1. The van der Waals surface area contributed by atoms with Crippen LogP contribution in [0.3, 0.4) is 0 Å². The molecule has 23 heavy (non-hydrogen) atoms. The first-order valence-electron chi connectivity index (χ1n) is 8.12. The molecule has 0 radical (unpaired) electrons. The zero-order valence-electron chi connectivity index (χ0n) is 13.1. The molecule has 1 amide bonds. The third kappa shape index (κ3) is 5.64. The van der Waals surface area contributed by atoms with E-state index in [0.717, 1.165) is 18.4 Å². The monoisotopic (exact) mass is 358 g/mol. The molecule has 0 spiro atoms. The average molecular weight is 359 g/mol. The van der Waals surface area contributed by atoms with E-state index in [1.54, 1.807) is 18.2 Å². The van der Waals surface area contributed by atoms with Crippen LogP contribution in [0, 0.1) is 5.92 Å². The van der Waals surface area contributed by atoms with E-state index in [9.17, 15) is 9.90 Å². The molecule has 1 aliphatic carbocycles. The van der Waals surface area contributed by atoms with Gasteiger partial charge in [0.1, 0.15) is 6.10 Å². The van der Waals surface area contributed by atoms with Gasteiger partial charge < -0.3 is 16.2 Å². The fraction of sp³-hybridized carbons (Fsp3) is 0.588. The molecular formula is C17H24Cl2N2O2.